The lowest BCUT2D eigenvalue weighted by Crippen LogP contribution is -2.36. The number of pyridine rings is 1. The molecule has 4 heteroatoms. The fraction of sp³-hybridized carbons (Fsp3) is 0.333. The minimum Gasteiger partial charge on any atom is -0.374 e. The molecule has 1 N–H and O–H groups in total. The van der Waals surface area contributed by atoms with Gasteiger partial charge < -0.3 is 10.2 Å². The standard InChI is InChI=1S/C18H21N3O/c1-21-13-10-16(15-7-2-3-8-17(15)21)18(22)20-12-9-14-6-4-5-11-19-14/h2-8,11,16H,9-10,12-13H2,1H3,(H,20,22). The summed E-state index contributed by atoms with van der Waals surface area (Å²) in [5.41, 5.74) is 3.30. The number of carbonyl (C=O) groups excluding carboxylic acids is 1. The molecule has 1 atom stereocenters. The van der Waals surface area contributed by atoms with Crippen molar-refractivity contribution in [1.82, 2.24) is 10.3 Å². The third-order valence-corrected chi connectivity index (χ3v) is 4.20. The number of amides is 1. The van der Waals surface area contributed by atoms with Gasteiger partial charge in [-0.05, 0) is 30.2 Å². The number of anilines is 1. The Kier molecular flexibility index (Phi) is 4.37. The molecular formula is C18H21N3O. The molecule has 1 aromatic heterocycles. The Morgan fingerprint density at radius 2 is 2.09 bits per heavy atom. The van der Waals surface area contributed by atoms with E-state index in [1.807, 2.05) is 30.3 Å². The quantitative estimate of drug-likeness (QED) is 0.942. The first-order valence-corrected chi connectivity index (χ1v) is 7.73. The Bertz CT molecular complexity index is 642. The lowest BCUT2D eigenvalue weighted by molar-refractivity contribution is -0.122. The van der Waals surface area contributed by atoms with Crippen LogP contribution in [0.3, 0.4) is 0 Å². The molecule has 0 saturated carbocycles. The van der Waals surface area contributed by atoms with Crippen molar-refractivity contribution in [2.24, 2.45) is 0 Å². The smallest absolute Gasteiger partial charge is 0.227 e. The molecule has 1 aliphatic rings. The van der Waals surface area contributed by atoms with Crippen molar-refractivity contribution < 1.29 is 4.79 Å². The summed E-state index contributed by atoms with van der Waals surface area (Å²) in [7, 11) is 2.08. The van der Waals surface area contributed by atoms with E-state index in [2.05, 4.69) is 34.4 Å². The zero-order chi connectivity index (χ0) is 15.4. The summed E-state index contributed by atoms with van der Waals surface area (Å²) in [6.07, 6.45) is 3.41. The molecule has 0 radical (unpaired) electrons. The maximum Gasteiger partial charge on any atom is 0.227 e. The third-order valence-electron chi connectivity index (χ3n) is 4.20. The Labute approximate surface area is 131 Å². The average molecular weight is 295 g/mol. The highest BCUT2D eigenvalue weighted by atomic mass is 16.1. The van der Waals surface area contributed by atoms with Crippen LogP contribution in [0.5, 0.6) is 0 Å². The van der Waals surface area contributed by atoms with Gasteiger partial charge in [-0.1, -0.05) is 24.3 Å². The highest BCUT2D eigenvalue weighted by molar-refractivity contribution is 5.86. The minimum atomic E-state index is -0.0452. The van der Waals surface area contributed by atoms with E-state index in [1.54, 1.807) is 6.20 Å². The van der Waals surface area contributed by atoms with E-state index in [0.29, 0.717) is 6.54 Å². The molecule has 1 aliphatic heterocycles. The SMILES string of the molecule is CN1CCC(C(=O)NCCc2ccccn2)c2ccccc21. The van der Waals surface area contributed by atoms with Crippen LogP contribution in [0.4, 0.5) is 5.69 Å². The molecule has 0 aliphatic carbocycles. The van der Waals surface area contributed by atoms with Gasteiger partial charge in [0.1, 0.15) is 0 Å². The molecule has 22 heavy (non-hydrogen) atoms. The van der Waals surface area contributed by atoms with Gasteiger partial charge in [-0.25, -0.2) is 0 Å². The van der Waals surface area contributed by atoms with Crippen LogP contribution < -0.4 is 10.2 Å². The van der Waals surface area contributed by atoms with Crippen LogP contribution in [0, 0.1) is 0 Å². The summed E-state index contributed by atoms with van der Waals surface area (Å²) in [6.45, 7) is 1.54. The van der Waals surface area contributed by atoms with Crippen LogP contribution in [-0.4, -0.2) is 31.0 Å². The first kappa shape index (κ1) is 14.6. The third kappa shape index (κ3) is 3.11. The molecule has 2 aromatic rings. The number of rotatable bonds is 4. The van der Waals surface area contributed by atoms with Crippen molar-refractivity contribution in [3.8, 4) is 0 Å². The van der Waals surface area contributed by atoms with Gasteiger partial charge >= 0.3 is 0 Å². The number of benzene rings is 1. The second-order valence-electron chi connectivity index (χ2n) is 5.68. The average Bonchev–Trinajstić information content (AvgIpc) is 2.56. The maximum atomic E-state index is 12.5. The molecule has 114 valence electrons. The maximum absolute atomic E-state index is 12.5. The summed E-state index contributed by atoms with van der Waals surface area (Å²) in [4.78, 5) is 19.0. The molecule has 1 amide bonds. The predicted octanol–water partition coefficient (Wildman–Crippen LogP) is 2.36. The Morgan fingerprint density at radius 3 is 2.91 bits per heavy atom. The fourth-order valence-corrected chi connectivity index (χ4v) is 2.98. The molecule has 1 aromatic carbocycles. The lowest BCUT2D eigenvalue weighted by Gasteiger charge is -2.32. The van der Waals surface area contributed by atoms with E-state index < -0.39 is 0 Å². The second kappa shape index (κ2) is 6.60. The van der Waals surface area contributed by atoms with Crippen molar-refractivity contribution in [2.45, 2.75) is 18.8 Å². The summed E-state index contributed by atoms with van der Waals surface area (Å²) in [5.74, 6) is 0.0765. The molecule has 4 nitrogen and oxygen atoms in total. The van der Waals surface area contributed by atoms with E-state index in [-0.39, 0.29) is 11.8 Å². The molecule has 0 fully saturated rings. The molecular weight excluding hydrogens is 274 g/mol. The van der Waals surface area contributed by atoms with Gasteiger partial charge in [0, 0.05) is 44.1 Å². The topological polar surface area (TPSA) is 45.2 Å². The van der Waals surface area contributed by atoms with Gasteiger partial charge in [0.25, 0.3) is 0 Å². The van der Waals surface area contributed by atoms with E-state index in [4.69, 9.17) is 0 Å². The van der Waals surface area contributed by atoms with Crippen LogP contribution in [0.15, 0.2) is 48.7 Å². The van der Waals surface area contributed by atoms with Crippen molar-refractivity contribution in [1.29, 1.82) is 0 Å². The number of aromatic nitrogens is 1. The first-order chi connectivity index (χ1) is 10.8. The summed E-state index contributed by atoms with van der Waals surface area (Å²) >= 11 is 0. The van der Waals surface area contributed by atoms with Crippen molar-refractivity contribution in [2.75, 3.05) is 25.0 Å². The van der Waals surface area contributed by atoms with Crippen LogP contribution >= 0.6 is 0 Å². The van der Waals surface area contributed by atoms with E-state index >= 15 is 0 Å². The van der Waals surface area contributed by atoms with Gasteiger partial charge in [-0.15, -0.1) is 0 Å². The molecule has 0 saturated heterocycles. The molecule has 2 heterocycles. The van der Waals surface area contributed by atoms with Gasteiger partial charge in [0.2, 0.25) is 5.91 Å². The largest absolute Gasteiger partial charge is 0.374 e. The van der Waals surface area contributed by atoms with Crippen molar-refractivity contribution in [3.63, 3.8) is 0 Å². The van der Waals surface area contributed by atoms with Crippen LogP contribution in [-0.2, 0) is 11.2 Å². The predicted molar refractivity (Wildman–Crippen MR) is 88.0 cm³/mol. The van der Waals surface area contributed by atoms with E-state index in [9.17, 15) is 4.79 Å². The monoisotopic (exact) mass is 295 g/mol. The zero-order valence-corrected chi connectivity index (χ0v) is 12.8. The van der Waals surface area contributed by atoms with Crippen molar-refractivity contribution in [3.05, 3.63) is 59.9 Å². The Balaban J connectivity index is 1.62. The molecule has 0 spiro atoms. The Morgan fingerprint density at radius 1 is 1.27 bits per heavy atom. The molecule has 3 rings (SSSR count). The Hall–Kier alpha value is -2.36. The van der Waals surface area contributed by atoms with Gasteiger partial charge in [-0.2, -0.15) is 0 Å². The summed E-state index contributed by atoms with van der Waals surface area (Å²) in [6, 6.07) is 14.0. The second-order valence-corrected chi connectivity index (χ2v) is 5.68. The lowest BCUT2D eigenvalue weighted by atomic mass is 9.89. The van der Waals surface area contributed by atoms with Crippen LogP contribution in [0.1, 0.15) is 23.6 Å². The highest BCUT2D eigenvalue weighted by Crippen LogP contribution is 2.34. The highest BCUT2D eigenvalue weighted by Gasteiger charge is 2.28. The van der Waals surface area contributed by atoms with Gasteiger partial charge in [0.15, 0.2) is 0 Å². The minimum absolute atomic E-state index is 0.0452. The number of nitrogens with zero attached hydrogens (tertiary/aromatic N) is 2. The number of nitrogens with one attached hydrogen (secondary N) is 1. The normalized spacial score (nSPS) is 17.0. The number of carbonyl (C=O) groups is 1. The van der Waals surface area contributed by atoms with Gasteiger partial charge in [0.05, 0.1) is 5.92 Å². The number of para-hydroxylation sites is 1. The van der Waals surface area contributed by atoms with Gasteiger partial charge in [-0.3, -0.25) is 9.78 Å². The fourth-order valence-electron chi connectivity index (χ4n) is 2.98. The molecule has 1 unspecified atom stereocenters. The van der Waals surface area contributed by atoms with E-state index in [0.717, 1.165) is 30.6 Å². The summed E-state index contributed by atoms with van der Waals surface area (Å²) in [5, 5.41) is 3.06. The number of hydrogen-bond donors (Lipinski definition) is 1. The first-order valence-electron chi connectivity index (χ1n) is 7.73. The van der Waals surface area contributed by atoms with Crippen molar-refractivity contribution >= 4 is 11.6 Å². The van der Waals surface area contributed by atoms with Crippen LogP contribution in [0.25, 0.3) is 0 Å². The summed E-state index contributed by atoms with van der Waals surface area (Å²) < 4.78 is 0. The number of fused-ring (bicyclic) bond motifs is 1. The molecule has 0 bridgehead atoms. The zero-order valence-electron chi connectivity index (χ0n) is 12.8. The number of hydrogen-bond acceptors (Lipinski definition) is 3. The van der Waals surface area contributed by atoms with Crippen LogP contribution in [0.2, 0.25) is 0 Å². The van der Waals surface area contributed by atoms with E-state index in [1.165, 1.54) is 5.69 Å².